The molecule has 8 heteroatoms. The lowest BCUT2D eigenvalue weighted by atomic mass is 10.1. The van der Waals surface area contributed by atoms with Crippen LogP contribution in [0.4, 0.5) is 5.82 Å². The van der Waals surface area contributed by atoms with Gasteiger partial charge in [-0.1, -0.05) is 0 Å². The third-order valence-corrected chi connectivity index (χ3v) is 3.25. The molecule has 0 saturated carbocycles. The van der Waals surface area contributed by atoms with Crippen LogP contribution < -0.4 is 14.8 Å². The van der Waals surface area contributed by atoms with Crippen molar-refractivity contribution < 1.29 is 14.6 Å². The Bertz CT molecular complexity index is 777. The standard InChI is InChI=1S/C14H15N5O3/c1-21-10-3-8(20)4-11(22-2)9(10)5-15-13-12-14(17-6-16-12)19-7-18-13/h3-4,6-7,20H,5H2,1-2H3,(H2,15,16,17,18,19). The largest absolute Gasteiger partial charge is 0.508 e. The number of aromatic amines is 1. The van der Waals surface area contributed by atoms with Gasteiger partial charge < -0.3 is 24.9 Å². The van der Waals surface area contributed by atoms with Gasteiger partial charge in [-0.25, -0.2) is 15.0 Å². The number of phenolic OH excluding ortho intramolecular Hbond substituents is 1. The van der Waals surface area contributed by atoms with Gasteiger partial charge in [0.05, 0.1) is 26.1 Å². The van der Waals surface area contributed by atoms with E-state index in [2.05, 4.69) is 25.3 Å². The van der Waals surface area contributed by atoms with E-state index in [9.17, 15) is 5.11 Å². The number of anilines is 1. The fourth-order valence-electron chi connectivity index (χ4n) is 2.22. The molecule has 0 aliphatic heterocycles. The molecule has 2 heterocycles. The second-order valence-corrected chi connectivity index (χ2v) is 4.51. The van der Waals surface area contributed by atoms with Crippen LogP contribution in [0.2, 0.25) is 0 Å². The summed E-state index contributed by atoms with van der Waals surface area (Å²) < 4.78 is 10.6. The zero-order valence-corrected chi connectivity index (χ0v) is 12.1. The van der Waals surface area contributed by atoms with Crippen molar-refractivity contribution in [3.63, 3.8) is 0 Å². The number of H-pyrrole nitrogens is 1. The van der Waals surface area contributed by atoms with Crippen LogP contribution in [0.5, 0.6) is 17.2 Å². The first-order valence-corrected chi connectivity index (χ1v) is 6.54. The van der Waals surface area contributed by atoms with Crippen LogP contribution in [0.15, 0.2) is 24.8 Å². The summed E-state index contributed by atoms with van der Waals surface area (Å²) in [5.41, 5.74) is 2.08. The monoisotopic (exact) mass is 301 g/mol. The van der Waals surface area contributed by atoms with Crippen LogP contribution in [0.3, 0.4) is 0 Å². The lowest BCUT2D eigenvalue weighted by Crippen LogP contribution is -2.06. The molecule has 22 heavy (non-hydrogen) atoms. The number of ether oxygens (including phenoxy) is 2. The van der Waals surface area contributed by atoms with Gasteiger partial charge in [0.15, 0.2) is 11.5 Å². The highest BCUT2D eigenvalue weighted by Crippen LogP contribution is 2.34. The number of rotatable bonds is 5. The second kappa shape index (κ2) is 5.76. The first-order valence-electron chi connectivity index (χ1n) is 6.54. The predicted octanol–water partition coefficient (Wildman–Crippen LogP) is 1.69. The molecule has 2 aromatic heterocycles. The fourth-order valence-corrected chi connectivity index (χ4v) is 2.22. The van der Waals surface area contributed by atoms with Crippen LogP contribution in [-0.4, -0.2) is 39.3 Å². The molecule has 0 aliphatic carbocycles. The molecule has 0 atom stereocenters. The molecule has 1 aromatic carbocycles. The van der Waals surface area contributed by atoms with Gasteiger partial charge in [-0.3, -0.25) is 0 Å². The van der Waals surface area contributed by atoms with Crippen molar-refractivity contribution in [2.75, 3.05) is 19.5 Å². The molecule has 114 valence electrons. The Kier molecular flexibility index (Phi) is 3.65. The maximum absolute atomic E-state index is 9.67. The second-order valence-electron chi connectivity index (χ2n) is 4.51. The van der Waals surface area contributed by atoms with Crippen molar-refractivity contribution in [1.29, 1.82) is 0 Å². The zero-order chi connectivity index (χ0) is 15.5. The van der Waals surface area contributed by atoms with E-state index in [1.807, 2.05) is 0 Å². The van der Waals surface area contributed by atoms with E-state index in [1.54, 1.807) is 6.33 Å². The maximum atomic E-state index is 9.67. The molecule has 0 aliphatic rings. The molecule has 3 N–H and O–H groups in total. The molecule has 0 radical (unpaired) electrons. The number of nitrogens with one attached hydrogen (secondary N) is 2. The van der Waals surface area contributed by atoms with Crippen LogP contribution in [0, 0.1) is 0 Å². The highest BCUT2D eigenvalue weighted by atomic mass is 16.5. The first kappa shape index (κ1) is 13.9. The Morgan fingerprint density at radius 3 is 2.55 bits per heavy atom. The normalized spacial score (nSPS) is 10.6. The Hall–Kier alpha value is -3.03. The number of imidazole rings is 1. The molecular weight excluding hydrogens is 286 g/mol. The number of fused-ring (bicyclic) bond motifs is 1. The van der Waals surface area contributed by atoms with E-state index in [0.29, 0.717) is 29.5 Å². The Labute approximate surface area is 126 Å². The van der Waals surface area contributed by atoms with Crippen molar-refractivity contribution in [1.82, 2.24) is 19.9 Å². The lowest BCUT2D eigenvalue weighted by Gasteiger charge is -2.14. The number of methoxy groups -OCH3 is 2. The summed E-state index contributed by atoms with van der Waals surface area (Å²) in [6.07, 6.45) is 3.00. The van der Waals surface area contributed by atoms with Crippen molar-refractivity contribution in [2.24, 2.45) is 0 Å². The summed E-state index contributed by atoms with van der Waals surface area (Å²) >= 11 is 0. The number of nitrogens with zero attached hydrogens (tertiary/aromatic N) is 3. The van der Waals surface area contributed by atoms with E-state index < -0.39 is 0 Å². The average Bonchev–Trinajstić information content (AvgIpc) is 3.01. The van der Waals surface area contributed by atoms with E-state index in [0.717, 1.165) is 11.1 Å². The SMILES string of the molecule is COc1cc(O)cc(OC)c1CNc1ncnc2nc[nH]c12. The number of aromatic hydroxyl groups is 1. The quantitative estimate of drug-likeness (QED) is 0.658. The Balaban J connectivity index is 1.92. The predicted molar refractivity (Wildman–Crippen MR) is 80.2 cm³/mol. The van der Waals surface area contributed by atoms with Gasteiger partial charge in [0.1, 0.15) is 29.1 Å². The molecule has 0 bridgehead atoms. The molecule has 0 saturated heterocycles. The van der Waals surface area contributed by atoms with Gasteiger partial charge in [0, 0.05) is 18.7 Å². The van der Waals surface area contributed by atoms with E-state index in [1.165, 1.54) is 32.7 Å². The highest BCUT2D eigenvalue weighted by Gasteiger charge is 2.13. The van der Waals surface area contributed by atoms with Crippen molar-refractivity contribution in [3.05, 3.63) is 30.4 Å². The van der Waals surface area contributed by atoms with Crippen molar-refractivity contribution >= 4 is 17.0 Å². The molecule has 3 aromatic rings. The van der Waals surface area contributed by atoms with Gasteiger partial charge in [0.2, 0.25) is 0 Å². The number of aromatic nitrogens is 4. The minimum Gasteiger partial charge on any atom is -0.508 e. The number of hydrogen-bond donors (Lipinski definition) is 3. The van der Waals surface area contributed by atoms with Crippen molar-refractivity contribution in [3.8, 4) is 17.2 Å². The van der Waals surface area contributed by atoms with Crippen LogP contribution in [0.1, 0.15) is 5.56 Å². The summed E-state index contributed by atoms with van der Waals surface area (Å²) in [4.78, 5) is 15.3. The molecule has 0 amide bonds. The van der Waals surface area contributed by atoms with Gasteiger partial charge >= 0.3 is 0 Å². The first-order chi connectivity index (χ1) is 10.7. The third kappa shape index (κ3) is 2.46. The summed E-state index contributed by atoms with van der Waals surface area (Å²) in [6.45, 7) is 0.401. The highest BCUT2D eigenvalue weighted by molar-refractivity contribution is 5.81. The Morgan fingerprint density at radius 1 is 1.14 bits per heavy atom. The summed E-state index contributed by atoms with van der Waals surface area (Å²) in [5.74, 6) is 1.76. The minimum atomic E-state index is 0.0791. The molecule has 0 spiro atoms. The van der Waals surface area contributed by atoms with Crippen LogP contribution >= 0.6 is 0 Å². The van der Waals surface area contributed by atoms with Crippen LogP contribution in [0.25, 0.3) is 11.2 Å². The number of hydrogen-bond acceptors (Lipinski definition) is 7. The maximum Gasteiger partial charge on any atom is 0.182 e. The van der Waals surface area contributed by atoms with Gasteiger partial charge in [-0.15, -0.1) is 0 Å². The Morgan fingerprint density at radius 2 is 1.86 bits per heavy atom. The van der Waals surface area contributed by atoms with Gasteiger partial charge in [-0.05, 0) is 0 Å². The molecule has 0 unspecified atom stereocenters. The zero-order valence-electron chi connectivity index (χ0n) is 12.1. The molecule has 3 rings (SSSR count). The fraction of sp³-hybridized carbons (Fsp3) is 0.214. The molecule has 8 nitrogen and oxygen atoms in total. The summed E-state index contributed by atoms with van der Waals surface area (Å²) in [5, 5.41) is 12.9. The van der Waals surface area contributed by atoms with E-state index in [4.69, 9.17) is 9.47 Å². The van der Waals surface area contributed by atoms with Crippen LogP contribution in [-0.2, 0) is 6.54 Å². The summed E-state index contributed by atoms with van der Waals surface area (Å²) in [6, 6.07) is 3.07. The number of phenols is 1. The minimum absolute atomic E-state index is 0.0791. The summed E-state index contributed by atoms with van der Waals surface area (Å²) in [7, 11) is 3.07. The van der Waals surface area contributed by atoms with Gasteiger partial charge in [0.25, 0.3) is 0 Å². The third-order valence-electron chi connectivity index (χ3n) is 3.25. The smallest absolute Gasteiger partial charge is 0.182 e. The lowest BCUT2D eigenvalue weighted by molar-refractivity contribution is 0.377. The van der Waals surface area contributed by atoms with E-state index in [-0.39, 0.29) is 5.75 Å². The molecular formula is C14H15N5O3. The van der Waals surface area contributed by atoms with Gasteiger partial charge in [-0.2, -0.15) is 0 Å². The average molecular weight is 301 g/mol. The number of benzene rings is 1. The van der Waals surface area contributed by atoms with Crippen molar-refractivity contribution in [2.45, 2.75) is 6.54 Å². The topological polar surface area (TPSA) is 105 Å². The van der Waals surface area contributed by atoms with E-state index >= 15 is 0 Å². The molecule has 0 fully saturated rings.